The summed E-state index contributed by atoms with van der Waals surface area (Å²) in [4.78, 5) is 13.7. The third kappa shape index (κ3) is 4.69. The van der Waals surface area contributed by atoms with Gasteiger partial charge in [0, 0.05) is 18.6 Å². The highest BCUT2D eigenvalue weighted by Crippen LogP contribution is 2.26. The second kappa shape index (κ2) is 8.88. The van der Waals surface area contributed by atoms with E-state index in [1.165, 1.54) is 38.8 Å². The zero-order valence-corrected chi connectivity index (χ0v) is 14.4. The molecule has 2 N–H and O–H groups in total. The fourth-order valence-corrected chi connectivity index (χ4v) is 4.33. The molecule has 0 aromatic heterocycles. The van der Waals surface area contributed by atoms with E-state index in [1.54, 1.807) is 0 Å². The Kier molecular flexibility index (Phi) is 7.16. The minimum Gasteiger partial charge on any atom is -0.481 e. The van der Waals surface area contributed by atoms with Gasteiger partial charge in [0.1, 0.15) is 0 Å². The summed E-state index contributed by atoms with van der Waals surface area (Å²) in [5.41, 5.74) is 0. The van der Waals surface area contributed by atoms with Crippen LogP contribution in [0.25, 0.3) is 0 Å². The van der Waals surface area contributed by atoms with Crippen LogP contribution in [0.3, 0.4) is 0 Å². The van der Waals surface area contributed by atoms with Crippen LogP contribution in [0.1, 0.15) is 65.2 Å². The predicted molar refractivity (Wildman–Crippen MR) is 90.1 cm³/mol. The summed E-state index contributed by atoms with van der Waals surface area (Å²) < 4.78 is 0. The number of aliphatic carboxylic acids is 1. The lowest BCUT2D eigenvalue weighted by atomic mass is 9.85. The first-order chi connectivity index (χ1) is 10.7. The van der Waals surface area contributed by atoms with Gasteiger partial charge in [-0.2, -0.15) is 0 Å². The molecule has 2 rings (SSSR count). The molecule has 2 fully saturated rings. The van der Waals surface area contributed by atoms with E-state index in [-0.39, 0.29) is 5.92 Å². The van der Waals surface area contributed by atoms with Crippen LogP contribution < -0.4 is 5.32 Å². The molecule has 0 bridgehead atoms. The molecule has 4 nitrogen and oxygen atoms in total. The lowest BCUT2D eigenvalue weighted by Gasteiger charge is -2.36. The second-order valence-electron chi connectivity index (χ2n) is 7.18. The van der Waals surface area contributed by atoms with Crippen molar-refractivity contribution in [3.8, 4) is 0 Å². The Morgan fingerprint density at radius 3 is 2.23 bits per heavy atom. The summed E-state index contributed by atoms with van der Waals surface area (Å²) in [6.45, 7) is 8.22. The third-order valence-corrected chi connectivity index (χ3v) is 5.89. The van der Waals surface area contributed by atoms with Gasteiger partial charge in [0.2, 0.25) is 0 Å². The van der Waals surface area contributed by atoms with Crippen LogP contribution in [0.15, 0.2) is 0 Å². The minimum atomic E-state index is -0.606. The van der Waals surface area contributed by atoms with Crippen LogP contribution >= 0.6 is 0 Å². The number of rotatable bonds is 8. The summed E-state index contributed by atoms with van der Waals surface area (Å²) in [6.07, 6.45) is 8.93. The predicted octanol–water partition coefficient (Wildman–Crippen LogP) is 3.12. The highest BCUT2D eigenvalue weighted by Gasteiger charge is 2.30. The van der Waals surface area contributed by atoms with Gasteiger partial charge in [0.15, 0.2) is 0 Å². The number of likely N-dealkylation sites (tertiary alicyclic amines) is 1. The molecule has 1 aliphatic heterocycles. The molecule has 0 spiro atoms. The van der Waals surface area contributed by atoms with E-state index < -0.39 is 5.97 Å². The maximum Gasteiger partial charge on any atom is 0.306 e. The Bertz CT molecular complexity index is 328. The van der Waals surface area contributed by atoms with Crippen molar-refractivity contribution < 1.29 is 9.90 Å². The fourth-order valence-electron chi connectivity index (χ4n) is 4.33. The van der Waals surface area contributed by atoms with E-state index in [9.17, 15) is 4.79 Å². The fraction of sp³-hybridized carbons (Fsp3) is 0.944. The monoisotopic (exact) mass is 310 g/mol. The van der Waals surface area contributed by atoms with Crippen LogP contribution in [0.5, 0.6) is 0 Å². The number of carboxylic acids is 1. The standard InChI is InChI=1S/C18H34N2O2/c1-3-14(4-2)17(20-11-5-6-12-20)13-19-16-9-7-15(8-10-16)18(21)22/h14-17,19H,3-13H2,1-2H3,(H,21,22). The van der Waals surface area contributed by atoms with E-state index in [1.807, 2.05) is 0 Å². The quantitative estimate of drug-likeness (QED) is 0.723. The van der Waals surface area contributed by atoms with E-state index in [2.05, 4.69) is 24.1 Å². The van der Waals surface area contributed by atoms with Gasteiger partial charge < -0.3 is 10.4 Å². The number of hydrogen-bond acceptors (Lipinski definition) is 3. The van der Waals surface area contributed by atoms with Crippen LogP contribution in [0.2, 0.25) is 0 Å². The molecule has 0 amide bonds. The summed E-state index contributed by atoms with van der Waals surface area (Å²) in [5.74, 6) is 0.0674. The highest BCUT2D eigenvalue weighted by atomic mass is 16.4. The Morgan fingerprint density at radius 1 is 1.14 bits per heavy atom. The average Bonchev–Trinajstić information content (AvgIpc) is 3.06. The zero-order chi connectivity index (χ0) is 15.9. The first kappa shape index (κ1) is 17.7. The second-order valence-corrected chi connectivity index (χ2v) is 7.18. The van der Waals surface area contributed by atoms with Crippen molar-refractivity contribution in [2.45, 2.75) is 77.3 Å². The first-order valence-corrected chi connectivity index (χ1v) is 9.35. The van der Waals surface area contributed by atoms with E-state index in [0.29, 0.717) is 12.1 Å². The van der Waals surface area contributed by atoms with Crippen LogP contribution in [0.4, 0.5) is 0 Å². The molecule has 22 heavy (non-hydrogen) atoms. The van der Waals surface area contributed by atoms with E-state index in [0.717, 1.165) is 38.1 Å². The van der Waals surface area contributed by atoms with Crippen molar-refractivity contribution in [3.05, 3.63) is 0 Å². The molecule has 0 radical (unpaired) electrons. The van der Waals surface area contributed by atoms with Gasteiger partial charge in [-0.25, -0.2) is 0 Å². The van der Waals surface area contributed by atoms with Gasteiger partial charge in [-0.3, -0.25) is 9.69 Å². The molecule has 1 saturated carbocycles. The smallest absolute Gasteiger partial charge is 0.306 e. The van der Waals surface area contributed by atoms with Gasteiger partial charge in [0.25, 0.3) is 0 Å². The third-order valence-electron chi connectivity index (χ3n) is 5.89. The molecule has 0 aromatic carbocycles. The van der Waals surface area contributed by atoms with Crippen molar-refractivity contribution in [2.75, 3.05) is 19.6 Å². The highest BCUT2D eigenvalue weighted by molar-refractivity contribution is 5.70. The maximum absolute atomic E-state index is 11.0. The average molecular weight is 310 g/mol. The lowest BCUT2D eigenvalue weighted by Crippen LogP contribution is -2.48. The molecule has 1 unspecified atom stereocenters. The molecule has 0 aromatic rings. The van der Waals surface area contributed by atoms with Gasteiger partial charge in [0.05, 0.1) is 5.92 Å². The zero-order valence-electron chi connectivity index (χ0n) is 14.4. The summed E-state index contributed by atoms with van der Waals surface area (Å²) >= 11 is 0. The topological polar surface area (TPSA) is 52.6 Å². The maximum atomic E-state index is 11.0. The number of nitrogens with one attached hydrogen (secondary N) is 1. The van der Waals surface area contributed by atoms with Gasteiger partial charge in [-0.15, -0.1) is 0 Å². The summed E-state index contributed by atoms with van der Waals surface area (Å²) in [5, 5.41) is 12.9. The number of hydrogen-bond donors (Lipinski definition) is 2. The van der Waals surface area contributed by atoms with Crippen LogP contribution in [-0.4, -0.2) is 47.7 Å². The number of nitrogens with zero attached hydrogens (tertiary/aromatic N) is 1. The Balaban J connectivity index is 1.82. The minimum absolute atomic E-state index is 0.105. The first-order valence-electron chi connectivity index (χ1n) is 9.35. The van der Waals surface area contributed by atoms with Crippen molar-refractivity contribution >= 4 is 5.97 Å². The SMILES string of the molecule is CCC(CC)C(CNC1CCC(C(=O)O)CC1)N1CCCC1. The Morgan fingerprint density at radius 2 is 1.73 bits per heavy atom. The van der Waals surface area contributed by atoms with Crippen molar-refractivity contribution in [1.29, 1.82) is 0 Å². The molecule has 1 heterocycles. The Labute approximate surface area is 135 Å². The normalized spacial score (nSPS) is 28.1. The summed E-state index contributed by atoms with van der Waals surface area (Å²) in [7, 11) is 0. The van der Waals surface area contributed by atoms with Crippen LogP contribution in [0, 0.1) is 11.8 Å². The molecule has 1 atom stereocenters. The number of carboxylic acid groups (broad SMARTS) is 1. The van der Waals surface area contributed by atoms with Crippen molar-refractivity contribution in [2.24, 2.45) is 11.8 Å². The van der Waals surface area contributed by atoms with Gasteiger partial charge in [-0.05, 0) is 57.5 Å². The van der Waals surface area contributed by atoms with E-state index in [4.69, 9.17) is 5.11 Å². The molecular weight excluding hydrogens is 276 g/mol. The number of carbonyl (C=O) groups is 1. The molecule has 128 valence electrons. The van der Waals surface area contributed by atoms with Crippen molar-refractivity contribution in [1.82, 2.24) is 10.2 Å². The largest absolute Gasteiger partial charge is 0.481 e. The molecule has 1 saturated heterocycles. The summed E-state index contributed by atoms with van der Waals surface area (Å²) in [6, 6.07) is 1.18. The molecule has 1 aliphatic carbocycles. The van der Waals surface area contributed by atoms with Gasteiger partial charge in [-0.1, -0.05) is 26.7 Å². The molecular formula is C18H34N2O2. The molecule has 2 aliphatic rings. The van der Waals surface area contributed by atoms with Crippen molar-refractivity contribution in [3.63, 3.8) is 0 Å². The molecule has 4 heteroatoms. The van der Waals surface area contributed by atoms with Crippen LogP contribution in [-0.2, 0) is 4.79 Å². The Hall–Kier alpha value is -0.610. The lowest BCUT2D eigenvalue weighted by molar-refractivity contribution is -0.142. The van der Waals surface area contributed by atoms with Gasteiger partial charge >= 0.3 is 5.97 Å². The van der Waals surface area contributed by atoms with E-state index >= 15 is 0 Å².